The molecule has 0 bridgehead atoms. The van der Waals surface area contributed by atoms with Crippen molar-refractivity contribution in [3.8, 4) is 0 Å². The lowest BCUT2D eigenvalue weighted by Gasteiger charge is -2.39. The number of benzene rings is 2. The van der Waals surface area contributed by atoms with Crippen LogP contribution >= 0.6 is 11.6 Å². The van der Waals surface area contributed by atoms with E-state index in [-0.39, 0.29) is 29.7 Å². The average molecular weight is 551 g/mol. The zero-order chi connectivity index (χ0) is 27.7. The lowest BCUT2D eigenvalue weighted by molar-refractivity contribution is -0.138. The molecule has 2 aromatic carbocycles. The fraction of sp³-hybridized carbons (Fsp3) is 0.516. The number of piperidine rings is 1. The van der Waals surface area contributed by atoms with Crippen molar-refractivity contribution >= 4 is 35.0 Å². The quantitative estimate of drug-likeness (QED) is 0.544. The minimum atomic E-state index is -0.642. The number of nitrogens with zero attached hydrogens (tertiary/aromatic N) is 2. The number of rotatable bonds is 7. The first-order chi connectivity index (χ1) is 18.7. The van der Waals surface area contributed by atoms with E-state index in [1.54, 1.807) is 0 Å². The van der Waals surface area contributed by atoms with Crippen molar-refractivity contribution in [3.05, 3.63) is 64.7 Å². The molecule has 8 heteroatoms. The highest BCUT2D eigenvalue weighted by atomic mass is 35.5. The van der Waals surface area contributed by atoms with Crippen molar-refractivity contribution in [2.45, 2.75) is 75.9 Å². The van der Waals surface area contributed by atoms with Crippen LogP contribution in [0.25, 0.3) is 0 Å². The van der Waals surface area contributed by atoms with Crippen LogP contribution < -0.4 is 15.5 Å². The van der Waals surface area contributed by atoms with E-state index < -0.39 is 11.5 Å². The van der Waals surface area contributed by atoms with Gasteiger partial charge in [0.05, 0.1) is 5.41 Å². The lowest BCUT2D eigenvalue weighted by atomic mass is 9.86. The van der Waals surface area contributed by atoms with Crippen LogP contribution in [0.1, 0.15) is 57.1 Å². The van der Waals surface area contributed by atoms with Gasteiger partial charge in [-0.3, -0.25) is 14.4 Å². The van der Waals surface area contributed by atoms with Gasteiger partial charge < -0.3 is 20.4 Å². The molecule has 0 radical (unpaired) electrons. The van der Waals surface area contributed by atoms with E-state index in [0.717, 1.165) is 36.1 Å². The van der Waals surface area contributed by atoms with E-state index in [1.807, 2.05) is 79.2 Å². The third-order valence-electron chi connectivity index (χ3n) is 8.91. The van der Waals surface area contributed by atoms with Gasteiger partial charge in [-0.15, -0.1) is 0 Å². The maximum absolute atomic E-state index is 13.8. The monoisotopic (exact) mass is 550 g/mol. The summed E-state index contributed by atoms with van der Waals surface area (Å²) < 4.78 is 0. The Balaban J connectivity index is 1.28. The SMILES string of the molecule is CN[C@@H]1CC[C@H](C(=O)NC(Cc2ccc(Cl)cc2)C(=O)N2CCC(N3C(=O)C(C)(C)c4ccccc43)CC2)C1. The molecule has 2 aromatic rings. The molecule has 0 aromatic heterocycles. The Morgan fingerprint density at radius 2 is 1.72 bits per heavy atom. The van der Waals surface area contributed by atoms with Crippen LogP contribution in [0.3, 0.4) is 0 Å². The Morgan fingerprint density at radius 1 is 1.03 bits per heavy atom. The molecule has 1 unspecified atom stereocenters. The third kappa shape index (κ3) is 5.57. The van der Waals surface area contributed by atoms with Gasteiger partial charge in [0.15, 0.2) is 0 Å². The number of hydrogen-bond donors (Lipinski definition) is 2. The lowest BCUT2D eigenvalue weighted by Crippen LogP contribution is -2.55. The smallest absolute Gasteiger partial charge is 0.245 e. The fourth-order valence-corrected chi connectivity index (χ4v) is 6.62. The largest absolute Gasteiger partial charge is 0.344 e. The Hall–Kier alpha value is -2.90. The van der Waals surface area contributed by atoms with Gasteiger partial charge in [-0.05, 0) is 82.3 Å². The number of anilines is 1. The van der Waals surface area contributed by atoms with Crippen molar-refractivity contribution in [2.75, 3.05) is 25.0 Å². The molecule has 2 aliphatic heterocycles. The van der Waals surface area contributed by atoms with Crippen LogP contribution in [0, 0.1) is 5.92 Å². The summed E-state index contributed by atoms with van der Waals surface area (Å²) in [4.78, 5) is 44.3. The molecule has 7 nitrogen and oxygen atoms in total. The molecule has 3 atom stereocenters. The number of carbonyl (C=O) groups is 3. The Morgan fingerprint density at radius 3 is 2.38 bits per heavy atom. The maximum atomic E-state index is 13.8. The number of amides is 3. The zero-order valence-electron chi connectivity index (χ0n) is 23.1. The summed E-state index contributed by atoms with van der Waals surface area (Å²) >= 11 is 6.08. The zero-order valence-corrected chi connectivity index (χ0v) is 23.8. The molecule has 3 amide bonds. The third-order valence-corrected chi connectivity index (χ3v) is 9.16. The molecule has 1 saturated heterocycles. The van der Waals surface area contributed by atoms with Gasteiger partial charge in [0.2, 0.25) is 17.7 Å². The van der Waals surface area contributed by atoms with Gasteiger partial charge >= 0.3 is 0 Å². The van der Waals surface area contributed by atoms with Crippen molar-refractivity contribution < 1.29 is 14.4 Å². The second-order valence-corrected chi connectivity index (χ2v) is 12.2. The first-order valence-corrected chi connectivity index (χ1v) is 14.5. The standard InChI is InChI=1S/C31H39ClN4O3/c1-31(2)25-6-4-5-7-27(25)36(30(31)39)24-14-16-35(17-15-24)29(38)26(18-20-8-11-22(32)12-9-20)34-28(37)21-10-13-23(19-21)33-3/h4-9,11-12,21,23-24,26,33H,10,13-19H2,1-3H3,(H,34,37)/t21-,23+,26?/m0/s1. The summed E-state index contributed by atoms with van der Waals surface area (Å²) in [6.45, 7) is 5.07. The highest BCUT2D eigenvalue weighted by Crippen LogP contribution is 2.43. The minimum absolute atomic E-state index is 0.0450. The van der Waals surface area contributed by atoms with E-state index in [4.69, 9.17) is 11.6 Å². The summed E-state index contributed by atoms with van der Waals surface area (Å²) in [6.07, 6.45) is 4.40. The van der Waals surface area contributed by atoms with Crippen molar-refractivity contribution in [3.63, 3.8) is 0 Å². The van der Waals surface area contributed by atoms with E-state index in [9.17, 15) is 14.4 Å². The minimum Gasteiger partial charge on any atom is -0.344 e. The summed E-state index contributed by atoms with van der Waals surface area (Å²) in [5.74, 6) is -0.0686. The fourth-order valence-electron chi connectivity index (χ4n) is 6.49. The number of hydrogen-bond acceptors (Lipinski definition) is 4. The summed E-state index contributed by atoms with van der Waals surface area (Å²) in [6, 6.07) is 15.2. The normalized spacial score (nSPS) is 23.5. The molecule has 2 N–H and O–H groups in total. The summed E-state index contributed by atoms with van der Waals surface area (Å²) in [5.41, 5.74) is 2.45. The Bertz CT molecular complexity index is 1220. The molecule has 39 heavy (non-hydrogen) atoms. The number of fused-ring (bicyclic) bond motifs is 1. The maximum Gasteiger partial charge on any atom is 0.245 e. The van der Waals surface area contributed by atoms with Gasteiger partial charge in [0.1, 0.15) is 6.04 Å². The van der Waals surface area contributed by atoms with Gasteiger partial charge in [0.25, 0.3) is 0 Å². The van der Waals surface area contributed by atoms with Crippen LogP contribution in [0.2, 0.25) is 5.02 Å². The molecule has 1 aliphatic carbocycles. The molecule has 2 fully saturated rings. The Labute approximate surface area is 236 Å². The molecule has 2 heterocycles. The number of halogens is 1. The van der Waals surface area contributed by atoms with Crippen LogP contribution in [-0.2, 0) is 26.2 Å². The first kappa shape index (κ1) is 27.7. The van der Waals surface area contributed by atoms with E-state index >= 15 is 0 Å². The van der Waals surface area contributed by atoms with Gasteiger partial charge in [-0.1, -0.05) is 41.9 Å². The highest BCUT2D eigenvalue weighted by Gasteiger charge is 2.47. The molecule has 3 aliphatic rings. The van der Waals surface area contributed by atoms with Crippen LogP contribution in [0.15, 0.2) is 48.5 Å². The second kappa shape index (κ2) is 11.3. The number of nitrogens with one attached hydrogen (secondary N) is 2. The van der Waals surface area contributed by atoms with Crippen LogP contribution in [0.5, 0.6) is 0 Å². The van der Waals surface area contributed by atoms with Crippen LogP contribution in [-0.4, -0.2) is 60.9 Å². The van der Waals surface area contributed by atoms with E-state index in [0.29, 0.717) is 43.4 Å². The van der Waals surface area contributed by atoms with Crippen molar-refractivity contribution in [1.29, 1.82) is 0 Å². The van der Waals surface area contributed by atoms with Gasteiger partial charge in [-0.2, -0.15) is 0 Å². The van der Waals surface area contributed by atoms with E-state index in [1.165, 1.54) is 0 Å². The average Bonchev–Trinajstić information content (AvgIpc) is 3.51. The van der Waals surface area contributed by atoms with Gasteiger partial charge in [0, 0.05) is 48.2 Å². The number of likely N-dealkylation sites (tertiary alicyclic amines) is 1. The predicted octanol–water partition coefficient (Wildman–Crippen LogP) is 4.07. The summed E-state index contributed by atoms with van der Waals surface area (Å²) in [7, 11) is 1.93. The molecule has 5 rings (SSSR count). The molecular formula is C31H39ClN4O3. The first-order valence-electron chi connectivity index (χ1n) is 14.1. The molecule has 208 valence electrons. The number of carbonyl (C=O) groups excluding carboxylic acids is 3. The van der Waals surface area contributed by atoms with E-state index in [2.05, 4.69) is 10.6 Å². The van der Waals surface area contributed by atoms with Gasteiger partial charge in [-0.25, -0.2) is 0 Å². The molecule has 1 saturated carbocycles. The topological polar surface area (TPSA) is 81.8 Å². The number of para-hydroxylation sites is 1. The predicted molar refractivity (Wildman–Crippen MR) is 154 cm³/mol. The molecular weight excluding hydrogens is 512 g/mol. The molecule has 0 spiro atoms. The highest BCUT2D eigenvalue weighted by molar-refractivity contribution is 6.30. The van der Waals surface area contributed by atoms with Crippen LogP contribution in [0.4, 0.5) is 5.69 Å². The Kier molecular flexibility index (Phi) is 8.01. The van der Waals surface area contributed by atoms with Crippen molar-refractivity contribution in [1.82, 2.24) is 15.5 Å². The summed E-state index contributed by atoms with van der Waals surface area (Å²) in [5, 5.41) is 7.01. The van der Waals surface area contributed by atoms with Crippen molar-refractivity contribution in [2.24, 2.45) is 5.92 Å². The second-order valence-electron chi connectivity index (χ2n) is 11.8.